The van der Waals surface area contributed by atoms with E-state index >= 15 is 0 Å². The molecule has 0 saturated carbocycles. The summed E-state index contributed by atoms with van der Waals surface area (Å²) in [6.07, 6.45) is -3.93. The smallest absolute Gasteiger partial charge is 0.378 e. The van der Waals surface area contributed by atoms with E-state index in [1.165, 1.54) is 6.07 Å². The average Bonchev–Trinajstić information content (AvgIpc) is 2.40. The molecule has 0 aliphatic carbocycles. The zero-order chi connectivity index (χ0) is 16.5. The first-order valence-electron chi connectivity index (χ1n) is 5.53. The Bertz CT molecular complexity index is 810. The van der Waals surface area contributed by atoms with Gasteiger partial charge in [0, 0.05) is 0 Å². The van der Waals surface area contributed by atoms with Crippen LogP contribution in [-0.2, 0) is 16.3 Å². The summed E-state index contributed by atoms with van der Waals surface area (Å²) in [5, 5.41) is -0.313. The van der Waals surface area contributed by atoms with Crippen LogP contribution in [0.5, 0.6) is 5.75 Å². The zero-order valence-electron chi connectivity index (χ0n) is 10.4. The van der Waals surface area contributed by atoms with Gasteiger partial charge in [-0.2, -0.15) is 21.6 Å². The van der Waals surface area contributed by atoms with Crippen LogP contribution < -0.4 is 4.18 Å². The molecule has 0 fully saturated rings. The topological polar surface area (TPSA) is 56.3 Å². The van der Waals surface area contributed by atoms with Gasteiger partial charge in [0.25, 0.3) is 0 Å². The van der Waals surface area contributed by atoms with E-state index in [1.54, 1.807) is 0 Å². The molecular weight excluding hydrogens is 366 g/mol. The monoisotopic (exact) mass is 371 g/mol. The Morgan fingerprint density at radius 1 is 1.14 bits per heavy atom. The normalized spacial score (nSPS) is 12.2. The molecule has 0 spiro atoms. The Balaban J connectivity index is 2.44. The van der Waals surface area contributed by atoms with Gasteiger partial charge in [-0.1, -0.05) is 35.3 Å². The van der Waals surface area contributed by atoms with Gasteiger partial charge in [-0.3, -0.25) is 0 Å². The lowest BCUT2D eigenvalue weighted by Gasteiger charge is -2.13. The highest BCUT2D eigenvalue weighted by Crippen LogP contribution is 2.37. The molecule has 1 aromatic carbocycles. The molecule has 118 valence electrons. The molecule has 0 unspecified atom stereocenters. The van der Waals surface area contributed by atoms with Crippen LogP contribution >= 0.6 is 23.2 Å². The minimum Gasteiger partial charge on any atom is -0.378 e. The maximum atomic E-state index is 12.8. The molecule has 2 rings (SSSR count). The Morgan fingerprint density at radius 2 is 1.77 bits per heavy atom. The average molecular weight is 372 g/mol. The Kier molecular flexibility index (Phi) is 4.55. The molecular formula is C12H6Cl2F3NO3S. The van der Waals surface area contributed by atoms with E-state index in [-0.39, 0.29) is 10.2 Å². The first-order chi connectivity index (χ1) is 10.1. The van der Waals surface area contributed by atoms with Crippen molar-refractivity contribution in [3.8, 4) is 5.75 Å². The summed E-state index contributed by atoms with van der Waals surface area (Å²) in [5.41, 5.74) is -1.22. The molecule has 4 nitrogen and oxygen atoms in total. The lowest BCUT2D eigenvalue weighted by atomic mass is 10.2. The van der Waals surface area contributed by atoms with E-state index < -0.39 is 32.5 Å². The maximum absolute atomic E-state index is 12.8. The highest BCUT2D eigenvalue weighted by Gasteiger charge is 2.35. The van der Waals surface area contributed by atoms with Crippen molar-refractivity contribution in [1.82, 2.24) is 4.98 Å². The summed E-state index contributed by atoms with van der Waals surface area (Å²) in [6.45, 7) is 0. The summed E-state index contributed by atoms with van der Waals surface area (Å²) in [5.74, 6) is -0.846. The van der Waals surface area contributed by atoms with Gasteiger partial charge in [0.15, 0.2) is 5.75 Å². The molecule has 0 aliphatic heterocycles. The van der Waals surface area contributed by atoms with Crippen molar-refractivity contribution >= 4 is 33.3 Å². The number of hydrogen-bond donors (Lipinski definition) is 0. The predicted octanol–water partition coefficient (Wildman–Crippen LogP) is 4.17. The third kappa shape index (κ3) is 3.63. The van der Waals surface area contributed by atoms with Gasteiger partial charge in [-0.05, 0) is 18.2 Å². The van der Waals surface area contributed by atoms with E-state index in [1.807, 2.05) is 0 Å². The summed E-state index contributed by atoms with van der Waals surface area (Å²) in [4.78, 5) is 2.99. The van der Waals surface area contributed by atoms with Gasteiger partial charge in [0.05, 0.1) is 16.8 Å². The van der Waals surface area contributed by atoms with E-state index in [4.69, 9.17) is 23.2 Å². The second-order valence-corrected chi connectivity index (χ2v) is 6.29. The van der Waals surface area contributed by atoms with Crippen LogP contribution in [0.3, 0.4) is 0 Å². The number of hydrogen-bond acceptors (Lipinski definition) is 4. The second kappa shape index (κ2) is 5.94. The fourth-order valence-electron chi connectivity index (χ4n) is 1.48. The van der Waals surface area contributed by atoms with Crippen LogP contribution in [0.2, 0.25) is 10.2 Å². The molecule has 1 aromatic heterocycles. The number of benzene rings is 1. The number of pyridine rings is 1. The van der Waals surface area contributed by atoms with Gasteiger partial charge in [0.1, 0.15) is 10.0 Å². The minimum absolute atomic E-state index is 0.142. The Hall–Kier alpha value is -1.51. The van der Waals surface area contributed by atoms with Crippen molar-refractivity contribution in [3.05, 3.63) is 52.3 Å². The number of rotatable bonds is 3. The molecule has 0 bridgehead atoms. The summed E-state index contributed by atoms with van der Waals surface area (Å²) >= 11 is 11.2. The number of aromatic nitrogens is 1. The van der Waals surface area contributed by atoms with Crippen molar-refractivity contribution in [3.63, 3.8) is 0 Å². The first kappa shape index (κ1) is 16.9. The molecule has 22 heavy (non-hydrogen) atoms. The number of halogens is 5. The minimum atomic E-state index is -4.76. The fourth-order valence-corrected chi connectivity index (χ4v) is 2.74. The van der Waals surface area contributed by atoms with Crippen molar-refractivity contribution in [1.29, 1.82) is 0 Å². The highest BCUT2D eigenvalue weighted by atomic mass is 35.5. The number of nitrogens with zero attached hydrogens (tertiary/aromatic N) is 1. The van der Waals surface area contributed by atoms with Crippen molar-refractivity contribution in [2.24, 2.45) is 0 Å². The Labute approximate surface area is 133 Å². The molecule has 0 amide bonds. The van der Waals surface area contributed by atoms with Gasteiger partial charge >= 0.3 is 16.3 Å². The summed E-state index contributed by atoms with van der Waals surface area (Å²) < 4.78 is 67.0. The quantitative estimate of drug-likeness (QED) is 0.599. The molecule has 10 heteroatoms. The lowest BCUT2D eigenvalue weighted by molar-refractivity contribution is -0.138. The SMILES string of the molecule is O=S(=O)(Oc1ccccc1C(F)(F)F)c1cnc(Cl)c(Cl)c1. The second-order valence-electron chi connectivity index (χ2n) is 3.98. The van der Waals surface area contributed by atoms with Crippen LogP contribution in [0.1, 0.15) is 5.56 Å². The van der Waals surface area contributed by atoms with Crippen molar-refractivity contribution in [2.45, 2.75) is 11.1 Å². The number of alkyl halides is 3. The van der Waals surface area contributed by atoms with Gasteiger partial charge in [-0.15, -0.1) is 0 Å². The lowest BCUT2D eigenvalue weighted by Crippen LogP contribution is -2.14. The molecule has 0 atom stereocenters. The third-order valence-electron chi connectivity index (χ3n) is 2.45. The molecule has 0 aliphatic rings. The zero-order valence-corrected chi connectivity index (χ0v) is 12.8. The van der Waals surface area contributed by atoms with Crippen LogP contribution in [0.25, 0.3) is 0 Å². The molecule has 2 aromatic rings. The van der Waals surface area contributed by atoms with Crippen LogP contribution in [0.15, 0.2) is 41.4 Å². The molecule has 1 heterocycles. The van der Waals surface area contributed by atoms with Crippen LogP contribution in [0, 0.1) is 0 Å². The van der Waals surface area contributed by atoms with Crippen molar-refractivity contribution < 1.29 is 25.8 Å². The molecule has 0 saturated heterocycles. The van der Waals surface area contributed by atoms with Crippen LogP contribution in [0.4, 0.5) is 13.2 Å². The van der Waals surface area contributed by atoms with E-state index in [9.17, 15) is 21.6 Å². The summed E-state index contributed by atoms with van der Waals surface area (Å²) in [7, 11) is -4.54. The van der Waals surface area contributed by atoms with Gasteiger partial charge in [-0.25, -0.2) is 4.98 Å². The summed E-state index contributed by atoms with van der Waals surface area (Å²) in [6, 6.07) is 4.86. The Morgan fingerprint density at radius 3 is 2.36 bits per heavy atom. The largest absolute Gasteiger partial charge is 0.420 e. The standard InChI is InChI=1S/C12H6Cl2F3NO3S/c13-9-5-7(6-18-11(9)14)22(19,20)21-10-4-2-1-3-8(10)12(15,16)17/h1-6H. The van der Waals surface area contributed by atoms with E-state index in [2.05, 4.69) is 9.17 Å². The maximum Gasteiger partial charge on any atom is 0.420 e. The molecule has 0 N–H and O–H groups in total. The fraction of sp³-hybridized carbons (Fsp3) is 0.0833. The molecule has 0 radical (unpaired) electrons. The van der Waals surface area contributed by atoms with Gasteiger partial charge < -0.3 is 4.18 Å². The van der Waals surface area contributed by atoms with Gasteiger partial charge in [0.2, 0.25) is 0 Å². The van der Waals surface area contributed by atoms with E-state index in [0.717, 1.165) is 24.4 Å². The van der Waals surface area contributed by atoms with Crippen LogP contribution in [-0.4, -0.2) is 13.4 Å². The van der Waals surface area contributed by atoms with Crippen molar-refractivity contribution in [2.75, 3.05) is 0 Å². The van der Waals surface area contributed by atoms with E-state index in [0.29, 0.717) is 6.07 Å². The highest BCUT2D eigenvalue weighted by molar-refractivity contribution is 7.87. The number of para-hydroxylation sites is 1. The predicted molar refractivity (Wildman–Crippen MR) is 73.5 cm³/mol. The first-order valence-corrected chi connectivity index (χ1v) is 7.69. The third-order valence-corrected chi connectivity index (χ3v) is 4.34.